The van der Waals surface area contributed by atoms with Crippen molar-refractivity contribution in [1.29, 1.82) is 0 Å². The van der Waals surface area contributed by atoms with E-state index in [0.29, 0.717) is 25.3 Å². The maximum atomic E-state index is 12.6. The van der Waals surface area contributed by atoms with Gasteiger partial charge < -0.3 is 4.98 Å². The van der Waals surface area contributed by atoms with E-state index in [4.69, 9.17) is 0 Å². The average Bonchev–Trinajstić information content (AvgIpc) is 3.18. The van der Waals surface area contributed by atoms with E-state index < -0.39 is 10.0 Å². The fourth-order valence-corrected chi connectivity index (χ4v) is 4.96. The van der Waals surface area contributed by atoms with Crippen molar-refractivity contribution in [2.75, 3.05) is 12.3 Å². The van der Waals surface area contributed by atoms with Gasteiger partial charge in [-0.05, 0) is 31.0 Å². The Bertz CT molecular complexity index is 988. The monoisotopic (exact) mass is 373 g/mol. The SMILES string of the molecule is CCCCS(=O)(=O)N1CCCn2nc(-c3nc4ccccc4[nH]3)cc2C1. The van der Waals surface area contributed by atoms with Crippen molar-refractivity contribution >= 4 is 21.1 Å². The lowest BCUT2D eigenvalue weighted by atomic mass is 10.3. The Hall–Kier alpha value is -2.19. The second-order valence-corrected chi connectivity index (χ2v) is 8.79. The number of hydrogen-bond acceptors (Lipinski definition) is 4. The minimum atomic E-state index is -3.22. The molecule has 138 valence electrons. The maximum Gasteiger partial charge on any atom is 0.214 e. The third-order valence-electron chi connectivity index (χ3n) is 4.76. The van der Waals surface area contributed by atoms with Gasteiger partial charge >= 0.3 is 0 Å². The van der Waals surface area contributed by atoms with Gasteiger partial charge in [-0.2, -0.15) is 9.40 Å². The lowest BCUT2D eigenvalue weighted by molar-refractivity contribution is 0.409. The van der Waals surface area contributed by atoms with Crippen LogP contribution < -0.4 is 0 Å². The molecule has 0 atom stereocenters. The summed E-state index contributed by atoms with van der Waals surface area (Å²) in [4.78, 5) is 7.88. The van der Waals surface area contributed by atoms with Gasteiger partial charge in [-0.15, -0.1) is 0 Å². The molecule has 0 saturated heterocycles. The molecule has 0 fully saturated rings. The summed E-state index contributed by atoms with van der Waals surface area (Å²) in [6.07, 6.45) is 2.34. The van der Waals surface area contributed by atoms with Crippen LogP contribution in [0.4, 0.5) is 0 Å². The van der Waals surface area contributed by atoms with Crippen LogP contribution in [0.5, 0.6) is 0 Å². The predicted molar refractivity (Wildman–Crippen MR) is 101 cm³/mol. The first kappa shape index (κ1) is 17.2. The largest absolute Gasteiger partial charge is 0.337 e. The van der Waals surface area contributed by atoms with E-state index in [9.17, 15) is 8.42 Å². The normalized spacial score (nSPS) is 15.9. The van der Waals surface area contributed by atoms with Crippen LogP contribution in [0.1, 0.15) is 31.9 Å². The molecule has 0 aliphatic carbocycles. The lowest BCUT2D eigenvalue weighted by Crippen LogP contribution is -2.32. The van der Waals surface area contributed by atoms with Crippen LogP contribution >= 0.6 is 0 Å². The van der Waals surface area contributed by atoms with E-state index in [0.717, 1.165) is 41.8 Å². The molecule has 2 aromatic heterocycles. The summed E-state index contributed by atoms with van der Waals surface area (Å²) in [5.74, 6) is 0.931. The van der Waals surface area contributed by atoms with Crippen molar-refractivity contribution in [3.63, 3.8) is 0 Å². The number of nitrogens with zero attached hydrogens (tertiary/aromatic N) is 4. The quantitative estimate of drug-likeness (QED) is 0.745. The molecule has 3 aromatic rings. The van der Waals surface area contributed by atoms with Crippen LogP contribution in [0.15, 0.2) is 30.3 Å². The standard InChI is InChI=1S/C18H23N5O2S/c1-2-3-11-26(24,25)22-9-6-10-23-14(13-22)12-17(21-23)18-19-15-7-4-5-8-16(15)20-18/h4-5,7-8,12H,2-3,6,9-11,13H2,1H3,(H,19,20). The fraction of sp³-hybridized carbons (Fsp3) is 0.444. The number of hydrogen-bond donors (Lipinski definition) is 1. The molecule has 0 bridgehead atoms. The van der Waals surface area contributed by atoms with Crippen LogP contribution in [0, 0.1) is 0 Å². The highest BCUT2D eigenvalue weighted by Crippen LogP contribution is 2.23. The van der Waals surface area contributed by atoms with Crippen LogP contribution in [-0.2, 0) is 23.1 Å². The third kappa shape index (κ3) is 3.26. The summed E-state index contributed by atoms with van der Waals surface area (Å²) >= 11 is 0. The van der Waals surface area contributed by atoms with Gasteiger partial charge in [0.05, 0.1) is 29.0 Å². The van der Waals surface area contributed by atoms with Crippen molar-refractivity contribution in [3.8, 4) is 11.5 Å². The number of H-pyrrole nitrogens is 1. The first-order chi connectivity index (χ1) is 12.6. The molecule has 1 aliphatic rings. The highest BCUT2D eigenvalue weighted by atomic mass is 32.2. The number of aryl methyl sites for hydroxylation is 1. The second kappa shape index (κ2) is 6.85. The molecule has 8 heteroatoms. The molecule has 4 rings (SSSR count). The molecule has 0 unspecified atom stereocenters. The molecule has 0 radical (unpaired) electrons. The van der Waals surface area contributed by atoms with Gasteiger partial charge in [-0.3, -0.25) is 4.68 Å². The minimum absolute atomic E-state index is 0.216. The van der Waals surface area contributed by atoms with Gasteiger partial charge in [0, 0.05) is 13.1 Å². The molecule has 1 aromatic carbocycles. The topological polar surface area (TPSA) is 83.9 Å². The Kier molecular flexibility index (Phi) is 4.54. The van der Waals surface area contributed by atoms with Gasteiger partial charge in [0.25, 0.3) is 0 Å². The number of sulfonamides is 1. The highest BCUT2D eigenvalue weighted by molar-refractivity contribution is 7.89. The number of unbranched alkanes of at least 4 members (excludes halogenated alkanes) is 1. The molecule has 1 aliphatic heterocycles. The van der Waals surface area contributed by atoms with Crippen molar-refractivity contribution in [2.45, 2.75) is 39.3 Å². The molecule has 0 saturated carbocycles. The number of benzene rings is 1. The summed E-state index contributed by atoms with van der Waals surface area (Å²) in [5, 5.41) is 4.66. The van der Waals surface area contributed by atoms with Gasteiger partial charge in [0.15, 0.2) is 5.82 Å². The Morgan fingerprint density at radius 2 is 2.08 bits per heavy atom. The smallest absolute Gasteiger partial charge is 0.214 e. The minimum Gasteiger partial charge on any atom is -0.337 e. The number of nitrogens with one attached hydrogen (secondary N) is 1. The summed E-state index contributed by atoms with van der Waals surface area (Å²) in [6.45, 7) is 3.65. The van der Waals surface area contributed by atoms with Gasteiger partial charge in [0.2, 0.25) is 10.0 Å². The molecule has 26 heavy (non-hydrogen) atoms. The van der Waals surface area contributed by atoms with E-state index in [1.807, 2.05) is 41.9 Å². The number of imidazole rings is 1. The zero-order valence-electron chi connectivity index (χ0n) is 14.9. The van der Waals surface area contributed by atoms with E-state index in [1.165, 1.54) is 0 Å². The van der Waals surface area contributed by atoms with E-state index in [2.05, 4.69) is 15.1 Å². The lowest BCUT2D eigenvalue weighted by Gasteiger charge is -2.19. The zero-order valence-corrected chi connectivity index (χ0v) is 15.7. The van der Waals surface area contributed by atoms with E-state index >= 15 is 0 Å². The molecule has 7 nitrogen and oxygen atoms in total. The van der Waals surface area contributed by atoms with Crippen LogP contribution in [0.2, 0.25) is 0 Å². The summed E-state index contributed by atoms with van der Waals surface area (Å²) in [6, 6.07) is 9.80. The van der Waals surface area contributed by atoms with Crippen LogP contribution in [-0.4, -0.2) is 44.8 Å². The van der Waals surface area contributed by atoms with Gasteiger partial charge in [-0.1, -0.05) is 25.5 Å². The molecule has 1 N–H and O–H groups in total. The third-order valence-corrected chi connectivity index (χ3v) is 6.66. The first-order valence-electron chi connectivity index (χ1n) is 9.06. The average molecular weight is 373 g/mol. The fourth-order valence-electron chi connectivity index (χ4n) is 3.32. The number of aromatic nitrogens is 4. The Balaban J connectivity index is 1.63. The van der Waals surface area contributed by atoms with E-state index in [1.54, 1.807) is 4.31 Å². The van der Waals surface area contributed by atoms with Gasteiger partial charge in [0.1, 0.15) is 5.69 Å². The Labute approximate surface area is 153 Å². The molecular weight excluding hydrogens is 350 g/mol. The highest BCUT2D eigenvalue weighted by Gasteiger charge is 2.26. The van der Waals surface area contributed by atoms with Crippen molar-refractivity contribution in [3.05, 3.63) is 36.0 Å². The summed E-state index contributed by atoms with van der Waals surface area (Å²) < 4.78 is 28.7. The van der Waals surface area contributed by atoms with Crippen LogP contribution in [0.25, 0.3) is 22.6 Å². The molecule has 3 heterocycles. The number of fused-ring (bicyclic) bond motifs is 2. The zero-order chi connectivity index (χ0) is 18.1. The maximum absolute atomic E-state index is 12.6. The van der Waals surface area contributed by atoms with Crippen LogP contribution in [0.3, 0.4) is 0 Å². The number of para-hydroxylation sites is 2. The van der Waals surface area contributed by atoms with Gasteiger partial charge in [-0.25, -0.2) is 13.4 Å². The molecular formula is C18H23N5O2S. The second-order valence-electron chi connectivity index (χ2n) is 6.70. The van der Waals surface area contributed by atoms with Crippen molar-refractivity contribution < 1.29 is 8.42 Å². The Morgan fingerprint density at radius 1 is 1.23 bits per heavy atom. The predicted octanol–water partition coefficient (Wildman–Crippen LogP) is 2.76. The van der Waals surface area contributed by atoms with Crippen molar-refractivity contribution in [1.82, 2.24) is 24.1 Å². The first-order valence-corrected chi connectivity index (χ1v) is 10.7. The molecule has 0 spiro atoms. The molecule has 0 amide bonds. The number of aromatic amines is 1. The summed E-state index contributed by atoms with van der Waals surface area (Å²) in [7, 11) is -3.22. The summed E-state index contributed by atoms with van der Waals surface area (Å²) in [5.41, 5.74) is 3.53. The van der Waals surface area contributed by atoms with E-state index in [-0.39, 0.29) is 5.75 Å². The Morgan fingerprint density at radius 3 is 2.88 bits per heavy atom. The van der Waals surface area contributed by atoms with Crippen molar-refractivity contribution in [2.24, 2.45) is 0 Å². The number of rotatable bonds is 5.